The summed E-state index contributed by atoms with van der Waals surface area (Å²) >= 11 is 3.29. The molecule has 5 heteroatoms. The van der Waals surface area contributed by atoms with E-state index < -0.39 is 4.92 Å². The molecular weight excluding hydrogens is 310 g/mol. The third-order valence-electron chi connectivity index (χ3n) is 2.69. The van der Waals surface area contributed by atoms with E-state index in [1.807, 2.05) is 37.3 Å². The number of hydrogen-bond acceptors (Lipinski definition) is 3. The van der Waals surface area contributed by atoms with Gasteiger partial charge in [-0.25, -0.2) is 0 Å². The molecule has 0 bridgehead atoms. The van der Waals surface area contributed by atoms with Crippen LogP contribution in [0.4, 0.5) is 5.69 Å². The van der Waals surface area contributed by atoms with E-state index in [1.165, 1.54) is 6.07 Å². The third kappa shape index (κ3) is 3.32. The lowest BCUT2D eigenvalue weighted by atomic mass is 10.1. The molecule has 0 fully saturated rings. The van der Waals surface area contributed by atoms with Crippen molar-refractivity contribution in [3.63, 3.8) is 0 Å². The first-order chi connectivity index (χ1) is 9.08. The number of rotatable bonds is 4. The molecule has 0 amide bonds. The monoisotopic (exact) mass is 321 g/mol. The molecule has 0 radical (unpaired) electrons. The summed E-state index contributed by atoms with van der Waals surface area (Å²) in [5.41, 5.74) is 0.933. The first kappa shape index (κ1) is 13.5. The smallest absolute Gasteiger partial charge is 0.311 e. The van der Waals surface area contributed by atoms with E-state index in [4.69, 9.17) is 4.74 Å². The van der Waals surface area contributed by atoms with Crippen molar-refractivity contribution in [2.75, 3.05) is 0 Å². The minimum absolute atomic E-state index is 0.0361. The van der Waals surface area contributed by atoms with Crippen molar-refractivity contribution < 1.29 is 9.66 Å². The van der Waals surface area contributed by atoms with Crippen LogP contribution >= 0.6 is 15.9 Å². The lowest BCUT2D eigenvalue weighted by Crippen LogP contribution is -2.04. The van der Waals surface area contributed by atoms with E-state index in [2.05, 4.69) is 15.9 Å². The molecule has 0 aliphatic rings. The van der Waals surface area contributed by atoms with Gasteiger partial charge in [-0.05, 0) is 18.6 Å². The molecule has 4 nitrogen and oxygen atoms in total. The fourth-order valence-corrected chi connectivity index (χ4v) is 2.06. The summed E-state index contributed by atoms with van der Waals surface area (Å²) in [4.78, 5) is 10.5. The second-order valence-electron chi connectivity index (χ2n) is 4.04. The molecule has 0 saturated heterocycles. The van der Waals surface area contributed by atoms with Gasteiger partial charge in [0.2, 0.25) is 0 Å². The summed E-state index contributed by atoms with van der Waals surface area (Å²) in [6.45, 7) is 1.86. The van der Waals surface area contributed by atoms with E-state index in [1.54, 1.807) is 12.1 Å². The molecule has 2 aromatic carbocycles. The lowest BCUT2D eigenvalue weighted by molar-refractivity contribution is -0.386. The topological polar surface area (TPSA) is 52.4 Å². The van der Waals surface area contributed by atoms with Gasteiger partial charge in [0.25, 0.3) is 0 Å². The Kier molecular flexibility index (Phi) is 4.16. The molecule has 2 aromatic rings. The van der Waals surface area contributed by atoms with Crippen molar-refractivity contribution in [2.24, 2.45) is 0 Å². The van der Waals surface area contributed by atoms with E-state index >= 15 is 0 Å². The molecule has 0 saturated carbocycles. The predicted molar refractivity (Wildman–Crippen MR) is 76.3 cm³/mol. The van der Waals surface area contributed by atoms with Crippen LogP contribution in [0.15, 0.2) is 53.0 Å². The zero-order valence-corrected chi connectivity index (χ0v) is 11.8. The number of nitrogens with zero attached hydrogens (tertiary/aromatic N) is 1. The minimum Gasteiger partial charge on any atom is -0.479 e. The Morgan fingerprint density at radius 3 is 2.53 bits per heavy atom. The standard InChI is InChI=1S/C14H12BrNO3/c1-10(11-5-3-2-4-6-11)19-14-9-12(15)7-8-13(14)16(17)18/h2-10H,1H3/t10-/m0/s1. The fraction of sp³-hybridized carbons (Fsp3) is 0.143. The van der Waals surface area contributed by atoms with Crippen LogP contribution in [0.25, 0.3) is 0 Å². The van der Waals surface area contributed by atoms with Crippen LogP contribution in [0.5, 0.6) is 5.75 Å². The summed E-state index contributed by atoms with van der Waals surface area (Å²) in [5.74, 6) is 0.260. The van der Waals surface area contributed by atoms with E-state index in [0.29, 0.717) is 0 Å². The Morgan fingerprint density at radius 2 is 1.89 bits per heavy atom. The van der Waals surface area contributed by atoms with E-state index in [9.17, 15) is 10.1 Å². The molecule has 0 aromatic heterocycles. The highest BCUT2D eigenvalue weighted by Gasteiger charge is 2.18. The highest BCUT2D eigenvalue weighted by molar-refractivity contribution is 9.10. The van der Waals surface area contributed by atoms with Gasteiger partial charge in [-0.2, -0.15) is 0 Å². The zero-order valence-electron chi connectivity index (χ0n) is 10.2. The first-order valence-corrected chi connectivity index (χ1v) is 6.53. The highest BCUT2D eigenvalue weighted by atomic mass is 79.9. The van der Waals surface area contributed by atoms with Crippen molar-refractivity contribution >= 4 is 21.6 Å². The normalized spacial score (nSPS) is 11.9. The van der Waals surface area contributed by atoms with Gasteiger partial charge in [0.15, 0.2) is 5.75 Å². The van der Waals surface area contributed by atoms with E-state index in [-0.39, 0.29) is 17.5 Å². The van der Waals surface area contributed by atoms with Gasteiger partial charge in [-0.15, -0.1) is 0 Å². The summed E-state index contributed by atoms with van der Waals surface area (Å²) in [7, 11) is 0. The number of hydrogen-bond donors (Lipinski definition) is 0. The number of halogens is 1. The lowest BCUT2D eigenvalue weighted by Gasteiger charge is -2.15. The largest absolute Gasteiger partial charge is 0.479 e. The molecular formula is C14H12BrNO3. The Labute approximate surface area is 119 Å². The van der Waals surface area contributed by atoms with Crippen molar-refractivity contribution in [2.45, 2.75) is 13.0 Å². The Bertz CT molecular complexity index is 586. The van der Waals surface area contributed by atoms with Gasteiger partial charge in [0.1, 0.15) is 6.10 Å². The molecule has 0 N–H and O–H groups in total. The van der Waals surface area contributed by atoms with Crippen molar-refractivity contribution in [1.82, 2.24) is 0 Å². The first-order valence-electron chi connectivity index (χ1n) is 5.73. The maximum Gasteiger partial charge on any atom is 0.311 e. The van der Waals surface area contributed by atoms with Crippen molar-refractivity contribution in [3.8, 4) is 5.75 Å². The SMILES string of the molecule is C[C@H](Oc1cc(Br)ccc1[N+](=O)[O-])c1ccccc1. The summed E-state index contributed by atoms with van der Waals surface area (Å²) in [6.07, 6.45) is -0.255. The van der Waals surface area contributed by atoms with Crippen molar-refractivity contribution in [3.05, 3.63) is 68.7 Å². The average Bonchev–Trinajstić information content (AvgIpc) is 2.39. The molecule has 0 spiro atoms. The summed E-state index contributed by atoms with van der Waals surface area (Å²) in [5, 5.41) is 11.0. The second kappa shape index (κ2) is 5.84. The molecule has 19 heavy (non-hydrogen) atoms. The number of nitro groups is 1. The van der Waals surface area contributed by atoms with Gasteiger partial charge < -0.3 is 4.74 Å². The predicted octanol–water partition coefficient (Wildman–Crippen LogP) is 4.50. The maximum atomic E-state index is 11.0. The molecule has 0 unspecified atom stereocenters. The Morgan fingerprint density at radius 1 is 1.21 bits per heavy atom. The molecule has 0 aliphatic heterocycles. The van der Waals surface area contributed by atoms with Crippen LogP contribution in [-0.2, 0) is 0 Å². The zero-order chi connectivity index (χ0) is 13.8. The Balaban J connectivity index is 2.28. The van der Waals surface area contributed by atoms with Crippen LogP contribution in [-0.4, -0.2) is 4.92 Å². The van der Waals surface area contributed by atoms with Crippen molar-refractivity contribution in [1.29, 1.82) is 0 Å². The van der Waals surface area contributed by atoms with Gasteiger partial charge >= 0.3 is 5.69 Å². The third-order valence-corrected chi connectivity index (χ3v) is 3.18. The number of ether oxygens (including phenoxy) is 1. The molecule has 1 atom stereocenters. The van der Waals surface area contributed by atoms with Crippen LogP contribution in [0.2, 0.25) is 0 Å². The Hall–Kier alpha value is -1.88. The molecule has 98 valence electrons. The minimum atomic E-state index is -0.445. The molecule has 2 rings (SSSR count). The van der Waals surface area contributed by atoms with Gasteiger partial charge in [-0.3, -0.25) is 10.1 Å². The summed E-state index contributed by atoms with van der Waals surface area (Å²) in [6, 6.07) is 14.2. The fourth-order valence-electron chi connectivity index (χ4n) is 1.72. The average molecular weight is 322 g/mol. The summed E-state index contributed by atoms with van der Waals surface area (Å²) < 4.78 is 6.45. The van der Waals surface area contributed by atoms with Crippen LogP contribution in [0, 0.1) is 10.1 Å². The van der Waals surface area contributed by atoms with Crippen LogP contribution in [0.1, 0.15) is 18.6 Å². The van der Waals surface area contributed by atoms with Gasteiger partial charge in [0.05, 0.1) is 4.92 Å². The maximum absolute atomic E-state index is 11.0. The van der Waals surface area contributed by atoms with Gasteiger partial charge in [0, 0.05) is 16.6 Å². The van der Waals surface area contributed by atoms with Crippen LogP contribution in [0.3, 0.4) is 0 Å². The second-order valence-corrected chi connectivity index (χ2v) is 4.96. The van der Waals surface area contributed by atoms with Crippen LogP contribution < -0.4 is 4.74 Å². The van der Waals surface area contributed by atoms with Gasteiger partial charge in [-0.1, -0.05) is 46.3 Å². The highest BCUT2D eigenvalue weighted by Crippen LogP contribution is 2.33. The number of nitro benzene ring substituents is 1. The molecule has 0 heterocycles. The quantitative estimate of drug-likeness (QED) is 0.615. The van der Waals surface area contributed by atoms with E-state index in [0.717, 1.165) is 10.0 Å². The number of benzene rings is 2. The molecule has 0 aliphatic carbocycles.